The van der Waals surface area contributed by atoms with Gasteiger partial charge in [0.2, 0.25) is 5.91 Å². The number of fused-ring (bicyclic) bond motifs is 1. The average molecular weight is 469 g/mol. The number of nitrogens with zero attached hydrogens (tertiary/aromatic N) is 4. The third-order valence-corrected chi connectivity index (χ3v) is 9.18. The van der Waals surface area contributed by atoms with Crippen LogP contribution < -0.4 is 0 Å². The van der Waals surface area contributed by atoms with Crippen LogP contribution in [0.3, 0.4) is 0 Å². The number of aromatic nitrogens is 3. The summed E-state index contributed by atoms with van der Waals surface area (Å²) in [6, 6.07) is 17.1. The molecule has 170 valence electrons. The highest BCUT2D eigenvalue weighted by molar-refractivity contribution is 7.93. The highest BCUT2D eigenvalue weighted by Crippen LogP contribution is 2.47. The predicted octanol–water partition coefficient (Wildman–Crippen LogP) is 1.72. The van der Waals surface area contributed by atoms with Crippen molar-refractivity contribution in [2.75, 3.05) is 0 Å². The monoisotopic (exact) mass is 469 g/mol. The summed E-state index contributed by atoms with van der Waals surface area (Å²) in [7, 11) is -3.88. The van der Waals surface area contributed by atoms with Crippen LogP contribution in [0.1, 0.15) is 30.6 Å². The van der Waals surface area contributed by atoms with Gasteiger partial charge in [-0.2, -0.15) is 0 Å². The number of amides is 1. The van der Waals surface area contributed by atoms with Crippen molar-refractivity contribution in [2.45, 2.75) is 42.2 Å². The Hall–Kier alpha value is -3.53. The number of hydrogen-bond donors (Lipinski definition) is 0. The summed E-state index contributed by atoms with van der Waals surface area (Å²) in [5, 5.41) is 6.57. The van der Waals surface area contributed by atoms with Crippen molar-refractivity contribution >= 4 is 21.7 Å². The summed E-state index contributed by atoms with van der Waals surface area (Å²) >= 11 is 0. The van der Waals surface area contributed by atoms with Gasteiger partial charge in [0.05, 0.1) is 19.2 Å². The van der Waals surface area contributed by atoms with Crippen LogP contribution in [0.2, 0.25) is 0 Å². The maximum Gasteiger partial charge on any atom is 0.331 e. The normalized spacial score (nSPS) is 25.5. The highest BCUT2D eigenvalue weighted by Gasteiger charge is 2.70. The van der Waals surface area contributed by atoms with Crippen molar-refractivity contribution < 1.29 is 22.7 Å². The van der Waals surface area contributed by atoms with Gasteiger partial charge in [-0.05, 0) is 18.1 Å². The summed E-state index contributed by atoms with van der Waals surface area (Å²) in [6.07, 6.45) is 2.06. The number of ether oxygens (including phenoxy) is 1. The molecule has 0 radical (unpaired) electrons. The van der Waals surface area contributed by atoms with Crippen LogP contribution in [0.25, 0.3) is 0 Å². The van der Waals surface area contributed by atoms with E-state index in [-0.39, 0.29) is 18.9 Å². The molecule has 0 aliphatic carbocycles. The van der Waals surface area contributed by atoms with E-state index < -0.39 is 38.1 Å². The number of carbonyl (C=O) groups is 2. The van der Waals surface area contributed by atoms with E-state index >= 15 is 0 Å². The minimum atomic E-state index is -3.88. The van der Waals surface area contributed by atoms with Crippen LogP contribution in [0.5, 0.6) is 0 Å². The summed E-state index contributed by atoms with van der Waals surface area (Å²) in [5.41, 5.74) is 1.48. The summed E-state index contributed by atoms with van der Waals surface area (Å²) < 4.78 is 32.6. The molecule has 1 aromatic heterocycles. The third-order valence-electron chi connectivity index (χ3n) is 6.42. The van der Waals surface area contributed by atoms with Crippen LogP contribution in [0.4, 0.5) is 0 Å². The molecule has 2 fully saturated rings. The number of benzene rings is 2. The zero-order chi connectivity index (χ0) is 23.2. The van der Waals surface area contributed by atoms with Crippen molar-refractivity contribution in [1.82, 2.24) is 19.9 Å². The topological polar surface area (TPSA) is 111 Å². The molecule has 2 saturated heterocycles. The lowest BCUT2D eigenvalue weighted by molar-refractivity contribution is -0.164. The zero-order valence-electron chi connectivity index (χ0n) is 17.8. The molecule has 2 aliphatic rings. The van der Waals surface area contributed by atoms with E-state index in [2.05, 4.69) is 10.3 Å². The van der Waals surface area contributed by atoms with Gasteiger partial charge in [0.15, 0.2) is 22.0 Å². The fourth-order valence-electron chi connectivity index (χ4n) is 4.67. The van der Waals surface area contributed by atoms with Crippen LogP contribution >= 0.6 is 0 Å². The standard InChI is InChI=1S/C23H22N4O5S/c1-23(15-26-13-12-24-25-26)21(27-18(28)14-19(27)33(23,30)31)22(29)32-20(16-8-4-2-5-9-16)17-10-6-3-7-11-17/h2-13,19-21H,14-15H2,1H3/t19-,21+,23+/m1/s1/i24+1,25+1,26+1. The van der Waals surface area contributed by atoms with E-state index in [0.29, 0.717) is 0 Å². The Kier molecular flexibility index (Phi) is 5.04. The molecule has 0 spiro atoms. The molecular weight excluding hydrogens is 447 g/mol. The number of hydrogen-bond acceptors (Lipinski definition) is 7. The molecule has 0 N–H and O–H groups in total. The second kappa shape index (κ2) is 7.80. The second-order valence-corrected chi connectivity index (χ2v) is 11.0. The Bertz CT molecular complexity index is 1240. The van der Waals surface area contributed by atoms with Gasteiger partial charge in [0.1, 0.15) is 10.1 Å². The fraction of sp³-hybridized carbons (Fsp3) is 0.304. The number of esters is 1. The molecule has 2 aromatic carbocycles. The van der Waals surface area contributed by atoms with Crippen molar-refractivity contribution in [3.63, 3.8) is 0 Å². The van der Waals surface area contributed by atoms with E-state index in [1.54, 1.807) is 0 Å². The maximum atomic E-state index is 13.6. The molecular formula is C23H22N4O5S. The number of carbonyl (C=O) groups excluding carboxylic acids is 2. The second-order valence-electron chi connectivity index (χ2n) is 8.46. The molecule has 10 heteroatoms. The molecule has 0 saturated carbocycles. The van der Waals surface area contributed by atoms with Crippen LogP contribution in [-0.4, -0.2) is 56.4 Å². The fourth-order valence-corrected chi connectivity index (χ4v) is 7.03. The van der Waals surface area contributed by atoms with Gasteiger partial charge in [-0.3, -0.25) is 9.48 Å². The first-order chi connectivity index (χ1) is 15.8. The molecule has 3 heterocycles. The summed E-state index contributed by atoms with van der Waals surface area (Å²) in [5.74, 6) is -1.15. The molecule has 1 amide bonds. The smallest absolute Gasteiger partial charge is 0.331 e. The van der Waals surface area contributed by atoms with Crippen molar-refractivity contribution in [1.29, 1.82) is 0 Å². The van der Waals surface area contributed by atoms with E-state index in [4.69, 9.17) is 4.74 Å². The first-order valence-electron chi connectivity index (χ1n) is 10.5. The van der Waals surface area contributed by atoms with Gasteiger partial charge in [0, 0.05) is 6.20 Å². The minimum Gasteiger partial charge on any atom is -0.451 e. The minimum absolute atomic E-state index is 0.128. The largest absolute Gasteiger partial charge is 0.451 e. The average Bonchev–Trinajstić information content (AvgIpc) is 3.36. The van der Waals surface area contributed by atoms with E-state index in [1.165, 1.54) is 24.0 Å². The van der Waals surface area contributed by atoms with Gasteiger partial charge >= 0.3 is 5.97 Å². The lowest BCUT2D eigenvalue weighted by Crippen LogP contribution is -2.58. The predicted molar refractivity (Wildman–Crippen MR) is 117 cm³/mol. The van der Waals surface area contributed by atoms with Crippen molar-refractivity contribution in [2.24, 2.45) is 0 Å². The third kappa shape index (κ3) is 3.32. The van der Waals surface area contributed by atoms with E-state index in [9.17, 15) is 18.0 Å². The summed E-state index contributed by atoms with van der Waals surface area (Å²) in [4.78, 5) is 27.2. The lowest BCUT2D eigenvalue weighted by Gasteiger charge is -2.37. The summed E-state index contributed by atoms with van der Waals surface area (Å²) in [6.45, 7) is 1.35. The van der Waals surface area contributed by atoms with Crippen LogP contribution in [0.15, 0.2) is 73.1 Å². The van der Waals surface area contributed by atoms with Crippen molar-refractivity contribution in [3.05, 3.63) is 84.2 Å². The Morgan fingerprint density at radius 2 is 1.73 bits per heavy atom. The number of rotatable bonds is 6. The maximum absolute atomic E-state index is 13.6. The molecule has 0 bridgehead atoms. The Balaban J connectivity index is 1.54. The first-order valence-corrected chi connectivity index (χ1v) is 12.1. The molecule has 0 unspecified atom stereocenters. The Labute approximate surface area is 190 Å². The molecule has 3 aromatic rings. The Morgan fingerprint density at radius 3 is 2.24 bits per heavy atom. The van der Waals surface area contributed by atoms with Gasteiger partial charge in [0.25, 0.3) is 0 Å². The zero-order valence-corrected chi connectivity index (χ0v) is 18.6. The van der Waals surface area contributed by atoms with E-state index in [0.717, 1.165) is 16.0 Å². The molecule has 3 atom stereocenters. The lowest BCUT2D eigenvalue weighted by atomic mass is 9.96. The molecule has 33 heavy (non-hydrogen) atoms. The molecule has 2 aliphatic heterocycles. The highest BCUT2D eigenvalue weighted by atomic mass is 32.2. The van der Waals surface area contributed by atoms with Gasteiger partial charge in [-0.15, -0.1) is 5.10 Å². The molecule has 5 rings (SSSR count). The van der Waals surface area contributed by atoms with E-state index in [1.807, 2.05) is 60.7 Å². The van der Waals surface area contributed by atoms with Crippen LogP contribution in [0, 0.1) is 0 Å². The molecule has 9 nitrogen and oxygen atoms in total. The number of β-lactam (4-membered cyclic amide) rings is 1. The van der Waals surface area contributed by atoms with Gasteiger partial charge in [-0.1, -0.05) is 65.9 Å². The van der Waals surface area contributed by atoms with Crippen LogP contribution in [-0.2, 0) is 30.7 Å². The quantitative estimate of drug-likeness (QED) is 0.399. The van der Waals surface area contributed by atoms with Gasteiger partial charge < -0.3 is 9.64 Å². The number of sulfone groups is 1. The van der Waals surface area contributed by atoms with Gasteiger partial charge in [-0.25, -0.2) is 13.2 Å². The first kappa shape index (κ1) is 21.3. The van der Waals surface area contributed by atoms with Crippen molar-refractivity contribution in [3.8, 4) is 0 Å². The SMILES string of the molecule is C[C@]1(C[15n]2cc[15n][15n]2)[C@H](C(=O)OC(c2ccccc2)c2ccccc2)N2C(=O)C[C@H]2S1(=O)=O. The Morgan fingerprint density at radius 1 is 1.12 bits per heavy atom.